The smallest absolute Gasteiger partial charge is 0.303 e. The zero-order valence-electron chi connectivity index (χ0n) is 9.31. The highest BCUT2D eigenvalue weighted by Gasteiger charge is 2.09. The van der Waals surface area contributed by atoms with Crippen LogP contribution in [0.4, 0.5) is 0 Å². The Balaban J connectivity index is 2.87. The minimum Gasteiger partial charge on any atom is -0.481 e. The summed E-state index contributed by atoms with van der Waals surface area (Å²) in [6, 6.07) is 4.57. The van der Waals surface area contributed by atoms with Crippen molar-refractivity contribution in [3.05, 3.63) is 28.8 Å². The van der Waals surface area contributed by atoms with Crippen LogP contribution in [0.3, 0.4) is 0 Å². The fourth-order valence-electron chi connectivity index (χ4n) is 1.42. The highest BCUT2D eigenvalue weighted by Crippen LogP contribution is 2.20. The summed E-state index contributed by atoms with van der Waals surface area (Å²) in [6.07, 6.45) is 2.12. The number of hydrogen-bond donors (Lipinski definition) is 1. The van der Waals surface area contributed by atoms with Gasteiger partial charge in [0.25, 0.3) is 0 Å². The van der Waals surface area contributed by atoms with Gasteiger partial charge in [-0.2, -0.15) is 0 Å². The lowest BCUT2D eigenvalue weighted by Crippen LogP contribution is -2.00. The van der Waals surface area contributed by atoms with E-state index < -0.39 is 15.8 Å². The van der Waals surface area contributed by atoms with Crippen LogP contribution in [0.15, 0.2) is 23.1 Å². The summed E-state index contributed by atoms with van der Waals surface area (Å²) in [5.74, 6) is -0.865. The van der Waals surface area contributed by atoms with Gasteiger partial charge in [-0.05, 0) is 36.6 Å². The maximum atomic E-state index is 11.4. The van der Waals surface area contributed by atoms with E-state index in [-0.39, 0.29) is 11.3 Å². The number of carbonyl (C=O) groups is 1. The van der Waals surface area contributed by atoms with E-state index in [4.69, 9.17) is 16.7 Å². The Kier molecular flexibility index (Phi) is 4.54. The molecule has 0 aliphatic rings. The molecule has 1 N–H and O–H groups in total. The summed E-state index contributed by atoms with van der Waals surface area (Å²) in [7, 11) is -3.29. The average Bonchev–Trinajstić information content (AvgIpc) is 2.14. The monoisotopic (exact) mass is 276 g/mol. The maximum absolute atomic E-state index is 11.4. The predicted molar refractivity (Wildman–Crippen MR) is 65.1 cm³/mol. The van der Waals surface area contributed by atoms with Crippen molar-refractivity contribution in [3.63, 3.8) is 0 Å². The molecule has 0 saturated carbocycles. The van der Waals surface area contributed by atoms with Gasteiger partial charge in [-0.1, -0.05) is 11.6 Å². The fraction of sp³-hybridized carbons (Fsp3) is 0.364. The van der Waals surface area contributed by atoms with Gasteiger partial charge < -0.3 is 5.11 Å². The zero-order valence-corrected chi connectivity index (χ0v) is 10.9. The first-order chi connectivity index (χ1) is 7.79. The molecule has 0 aromatic heterocycles. The zero-order chi connectivity index (χ0) is 13.1. The van der Waals surface area contributed by atoms with Crippen LogP contribution in [0.2, 0.25) is 5.02 Å². The third-order valence-electron chi connectivity index (χ3n) is 2.22. The van der Waals surface area contributed by atoms with Crippen LogP contribution in [0.5, 0.6) is 0 Å². The van der Waals surface area contributed by atoms with Crippen LogP contribution in [-0.4, -0.2) is 25.7 Å². The third-order valence-corrected chi connectivity index (χ3v) is 3.53. The summed E-state index contributed by atoms with van der Waals surface area (Å²) in [5.41, 5.74) is 0.735. The molecular weight excluding hydrogens is 264 g/mol. The molecule has 0 spiro atoms. The van der Waals surface area contributed by atoms with Crippen molar-refractivity contribution in [2.45, 2.75) is 24.2 Å². The second kappa shape index (κ2) is 5.51. The first-order valence-corrected chi connectivity index (χ1v) is 7.27. The molecule has 0 saturated heterocycles. The van der Waals surface area contributed by atoms with E-state index in [9.17, 15) is 13.2 Å². The standard InChI is InChI=1S/C11H13ClO4S/c1-17(15,16)10-6-8(5-9(12)7-10)3-2-4-11(13)14/h5-7H,2-4H2,1H3,(H,13,14). The molecule has 0 heterocycles. The van der Waals surface area contributed by atoms with Crippen LogP contribution >= 0.6 is 11.6 Å². The van der Waals surface area contributed by atoms with E-state index in [2.05, 4.69) is 0 Å². The number of halogens is 1. The minimum atomic E-state index is -3.29. The molecule has 0 atom stereocenters. The lowest BCUT2D eigenvalue weighted by molar-refractivity contribution is -0.137. The molecule has 0 aliphatic carbocycles. The Morgan fingerprint density at radius 1 is 1.35 bits per heavy atom. The van der Waals surface area contributed by atoms with Crippen molar-refractivity contribution in [2.75, 3.05) is 6.26 Å². The Labute approximate surface area is 105 Å². The Bertz CT molecular complexity index is 522. The molecule has 94 valence electrons. The number of aliphatic carboxylic acids is 1. The average molecular weight is 277 g/mol. The summed E-state index contributed by atoms with van der Waals surface area (Å²) < 4.78 is 22.7. The minimum absolute atomic E-state index is 0.0563. The predicted octanol–water partition coefficient (Wildman–Crippen LogP) is 2.15. The second-order valence-electron chi connectivity index (χ2n) is 3.81. The van der Waals surface area contributed by atoms with Crippen LogP contribution in [-0.2, 0) is 21.1 Å². The molecule has 0 bridgehead atoms. The number of carboxylic acids is 1. The van der Waals surface area contributed by atoms with Crippen LogP contribution < -0.4 is 0 Å². The van der Waals surface area contributed by atoms with Gasteiger partial charge in [-0.3, -0.25) is 4.79 Å². The van der Waals surface area contributed by atoms with Crippen molar-refractivity contribution < 1.29 is 18.3 Å². The summed E-state index contributed by atoms with van der Waals surface area (Å²) in [6.45, 7) is 0. The molecule has 0 radical (unpaired) electrons. The van der Waals surface area contributed by atoms with Crippen molar-refractivity contribution in [3.8, 4) is 0 Å². The fourth-order valence-corrected chi connectivity index (χ4v) is 2.45. The van der Waals surface area contributed by atoms with E-state index in [1.54, 1.807) is 6.07 Å². The number of sulfone groups is 1. The normalized spacial score (nSPS) is 11.4. The molecule has 0 amide bonds. The van der Waals surface area contributed by atoms with Gasteiger partial charge >= 0.3 is 5.97 Å². The Morgan fingerprint density at radius 3 is 2.53 bits per heavy atom. The van der Waals surface area contributed by atoms with E-state index in [0.29, 0.717) is 17.9 Å². The van der Waals surface area contributed by atoms with Gasteiger partial charge in [-0.25, -0.2) is 8.42 Å². The molecule has 4 nitrogen and oxygen atoms in total. The summed E-state index contributed by atoms with van der Waals surface area (Å²) in [5, 5.41) is 8.85. The van der Waals surface area contributed by atoms with E-state index in [0.717, 1.165) is 11.8 Å². The van der Waals surface area contributed by atoms with Crippen molar-refractivity contribution in [2.24, 2.45) is 0 Å². The lowest BCUT2D eigenvalue weighted by Gasteiger charge is -2.04. The molecular formula is C11H13ClO4S. The lowest BCUT2D eigenvalue weighted by atomic mass is 10.1. The summed E-state index contributed by atoms with van der Waals surface area (Å²) >= 11 is 5.82. The van der Waals surface area contributed by atoms with Gasteiger partial charge in [0, 0.05) is 17.7 Å². The molecule has 0 aliphatic heterocycles. The number of carboxylic acid groups (broad SMARTS) is 1. The highest BCUT2D eigenvalue weighted by atomic mass is 35.5. The van der Waals surface area contributed by atoms with Gasteiger partial charge in [0.05, 0.1) is 4.90 Å². The van der Waals surface area contributed by atoms with Gasteiger partial charge in [0.2, 0.25) is 0 Å². The summed E-state index contributed by atoms with van der Waals surface area (Å²) in [4.78, 5) is 10.5. The SMILES string of the molecule is CS(=O)(=O)c1cc(Cl)cc(CCCC(=O)O)c1. The second-order valence-corrected chi connectivity index (χ2v) is 6.27. The maximum Gasteiger partial charge on any atom is 0.303 e. The van der Waals surface area contributed by atoms with E-state index in [1.807, 2.05) is 0 Å². The van der Waals surface area contributed by atoms with Crippen molar-refractivity contribution >= 4 is 27.4 Å². The molecule has 1 rings (SSSR count). The number of hydrogen-bond acceptors (Lipinski definition) is 3. The van der Waals surface area contributed by atoms with Crippen LogP contribution in [0, 0.1) is 0 Å². The Morgan fingerprint density at radius 2 is 2.00 bits per heavy atom. The quantitative estimate of drug-likeness (QED) is 0.894. The van der Waals surface area contributed by atoms with Crippen LogP contribution in [0.1, 0.15) is 18.4 Å². The highest BCUT2D eigenvalue weighted by molar-refractivity contribution is 7.90. The van der Waals surface area contributed by atoms with E-state index >= 15 is 0 Å². The van der Waals surface area contributed by atoms with Crippen LogP contribution in [0.25, 0.3) is 0 Å². The van der Waals surface area contributed by atoms with E-state index in [1.165, 1.54) is 12.1 Å². The molecule has 17 heavy (non-hydrogen) atoms. The molecule has 0 unspecified atom stereocenters. The molecule has 1 aromatic carbocycles. The Hall–Kier alpha value is -1.07. The number of benzene rings is 1. The third kappa shape index (κ3) is 4.75. The number of rotatable bonds is 5. The van der Waals surface area contributed by atoms with Gasteiger partial charge in [0.15, 0.2) is 9.84 Å². The first kappa shape index (κ1) is 14.0. The largest absolute Gasteiger partial charge is 0.481 e. The first-order valence-electron chi connectivity index (χ1n) is 5.00. The molecule has 1 aromatic rings. The number of aryl methyl sites for hydroxylation is 1. The molecule has 0 fully saturated rings. The van der Waals surface area contributed by atoms with Gasteiger partial charge in [-0.15, -0.1) is 0 Å². The molecule has 6 heteroatoms. The van der Waals surface area contributed by atoms with Gasteiger partial charge in [0.1, 0.15) is 0 Å². The van der Waals surface area contributed by atoms with Crippen molar-refractivity contribution in [1.29, 1.82) is 0 Å². The topological polar surface area (TPSA) is 71.4 Å². The van der Waals surface area contributed by atoms with Crippen molar-refractivity contribution in [1.82, 2.24) is 0 Å².